The van der Waals surface area contributed by atoms with Gasteiger partial charge in [0.05, 0.1) is 5.56 Å². The predicted molar refractivity (Wildman–Crippen MR) is 78.2 cm³/mol. The van der Waals surface area contributed by atoms with Gasteiger partial charge < -0.3 is 5.73 Å². The maximum atomic E-state index is 14.4. The van der Waals surface area contributed by atoms with Crippen LogP contribution in [0.5, 0.6) is 0 Å². The standard InChI is InChI=1S/C16H22FN3/c17-15-12(5-3-6-13(15)16(18)19)10-20-9-8-11-4-1-2-7-14(11)20/h3,5-6,11,14H,1-2,4,7-10H2,(H3,18,19). The Hall–Kier alpha value is -1.42. The van der Waals surface area contributed by atoms with Crippen LogP contribution in [0.4, 0.5) is 4.39 Å². The van der Waals surface area contributed by atoms with Crippen LogP contribution >= 0.6 is 0 Å². The molecule has 0 bridgehead atoms. The highest BCUT2D eigenvalue weighted by molar-refractivity contribution is 5.95. The van der Waals surface area contributed by atoms with E-state index in [-0.39, 0.29) is 17.2 Å². The molecular weight excluding hydrogens is 253 g/mol. The van der Waals surface area contributed by atoms with Crippen LogP contribution in [0.3, 0.4) is 0 Å². The maximum absolute atomic E-state index is 14.4. The van der Waals surface area contributed by atoms with E-state index in [4.69, 9.17) is 11.1 Å². The van der Waals surface area contributed by atoms with Crippen LogP contribution in [0.2, 0.25) is 0 Å². The van der Waals surface area contributed by atoms with E-state index in [1.807, 2.05) is 6.07 Å². The lowest BCUT2D eigenvalue weighted by atomic mass is 9.85. The largest absolute Gasteiger partial charge is 0.384 e. The monoisotopic (exact) mass is 275 g/mol. The smallest absolute Gasteiger partial charge is 0.138 e. The van der Waals surface area contributed by atoms with Gasteiger partial charge in [0.25, 0.3) is 0 Å². The van der Waals surface area contributed by atoms with Crippen molar-refractivity contribution < 1.29 is 4.39 Å². The van der Waals surface area contributed by atoms with Crippen molar-refractivity contribution >= 4 is 5.84 Å². The third kappa shape index (κ3) is 2.44. The summed E-state index contributed by atoms with van der Waals surface area (Å²) < 4.78 is 14.4. The molecule has 0 radical (unpaired) electrons. The zero-order chi connectivity index (χ0) is 14.1. The molecule has 1 aromatic carbocycles. The van der Waals surface area contributed by atoms with Gasteiger partial charge >= 0.3 is 0 Å². The quantitative estimate of drug-likeness (QED) is 0.658. The number of likely N-dealkylation sites (tertiary alicyclic amines) is 1. The molecule has 1 heterocycles. The van der Waals surface area contributed by atoms with Crippen LogP contribution in [-0.4, -0.2) is 23.3 Å². The van der Waals surface area contributed by atoms with E-state index in [0.717, 1.165) is 12.5 Å². The van der Waals surface area contributed by atoms with Gasteiger partial charge in [-0.1, -0.05) is 25.0 Å². The number of amidine groups is 1. The summed E-state index contributed by atoms with van der Waals surface area (Å²) in [4.78, 5) is 2.42. The Morgan fingerprint density at radius 3 is 2.90 bits per heavy atom. The van der Waals surface area contributed by atoms with Crippen LogP contribution in [0.15, 0.2) is 18.2 Å². The van der Waals surface area contributed by atoms with E-state index in [2.05, 4.69) is 4.90 Å². The Labute approximate surface area is 119 Å². The van der Waals surface area contributed by atoms with Gasteiger partial charge in [-0.05, 0) is 37.8 Å². The first-order valence-corrected chi connectivity index (χ1v) is 7.52. The minimum atomic E-state index is -0.320. The number of nitrogen functional groups attached to an aromatic ring is 1. The minimum absolute atomic E-state index is 0.193. The molecule has 108 valence electrons. The van der Waals surface area contributed by atoms with Crippen LogP contribution in [0.1, 0.15) is 43.2 Å². The van der Waals surface area contributed by atoms with Crippen LogP contribution in [0, 0.1) is 17.1 Å². The molecule has 2 atom stereocenters. The van der Waals surface area contributed by atoms with Crippen molar-refractivity contribution in [2.24, 2.45) is 11.7 Å². The summed E-state index contributed by atoms with van der Waals surface area (Å²) in [6.45, 7) is 1.72. The molecular formula is C16H22FN3. The van der Waals surface area contributed by atoms with Crippen molar-refractivity contribution in [3.63, 3.8) is 0 Å². The van der Waals surface area contributed by atoms with E-state index in [0.29, 0.717) is 18.2 Å². The van der Waals surface area contributed by atoms with Crippen molar-refractivity contribution in [2.45, 2.75) is 44.7 Å². The average molecular weight is 275 g/mol. The van der Waals surface area contributed by atoms with Crippen LogP contribution in [0.25, 0.3) is 0 Å². The summed E-state index contributed by atoms with van der Waals surface area (Å²) in [5.41, 5.74) is 6.32. The molecule has 3 rings (SSSR count). The summed E-state index contributed by atoms with van der Waals surface area (Å²) in [5.74, 6) is 0.295. The summed E-state index contributed by atoms with van der Waals surface area (Å²) in [6, 6.07) is 5.82. The molecule has 1 aliphatic heterocycles. The van der Waals surface area contributed by atoms with Crippen LogP contribution in [-0.2, 0) is 6.54 Å². The fraction of sp³-hybridized carbons (Fsp3) is 0.562. The number of hydrogen-bond donors (Lipinski definition) is 2. The van der Waals surface area contributed by atoms with Crippen molar-refractivity contribution in [1.29, 1.82) is 5.41 Å². The normalized spacial score (nSPS) is 26.4. The Morgan fingerprint density at radius 1 is 1.30 bits per heavy atom. The number of hydrogen-bond acceptors (Lipinski definition) is 2. The van der Waals surface area contributed by atoms with Crippen molar-refractivity contribution in [2.75, 3.05) is 6.54 Å². The number of nitrogens with zero attached hydrogens (tertiary/aromatic N) is 1. The third-order valence-corrected chi connectivity index (χ3v) is 4.87. The van der Waals surface area contributed by atoms with Gasteiger partial charge in [0.1, 0.15) is 11.7 Å². The van der Waals surface area contributed by atoms with E-state index < -0.39 is 0 Å². The molecule has 1 saturated heterocycles. The highest BCUT2D eigenvalue weighted by Crippen LogP contribution is 2.37. The Morgan fingerprint density at radius 2 is 2.10 bits per heavy atom. The van der Waals surface area contributed by atoms with Gasteiger partial charge in [-0.15, -0.1) is 0 Å². The molecule has 20 heavy (non-hydrogen) atoms. The average Bonchev–Trinajstić information content (AvgIpc) is 2.84. The molecule has 3 N–H and O–H groups in total. The minimum Gasteiger partial charge on any atom is -0.384 e. The molecule has 0 aromatic heterocycles. The van der Waals surface area contributed by atoms with Gasteiger partial charge in [-0.3, -0.25) is 10.3 Å². The molecule has 2 aliphatic rings. The lowest BCUT2D eigenvalue weighted by molar-refractivity contribution is 0.174. The number of rotatable bonds is 3. The highest BCUT2D eigenvalue weighted by Gasteiger charge is 2.35. The van der Waals surface area contributed by atoms with Crippen molar-refractivity contribution in [1.82, 2.24) is 4.90 Å². The van der Waals surface area contributed by atoms with Gasteiger partial charge in [-0.2, -0.15) is 0 Å². The summed E-state index contributed by atoms with van der Waals surface area (Å²) in [6.07, 6.45) is 6.48. The van der Waals surface area contributed by atoms with E-state index in [1.54, 1.807) is 12.1 Å². The third-order valence-electron chi connectivity index (χ3n) is 4.87. The Kier molecular flexibility index (Phi) is 3.74. The number of nitrogens with one attached hydrogen (secondary N) is 1. The fourth-order valence-corrected chi connectivity index (χ4v) is 3.83. The first-order valence-electron chi connectivity index (χ1n) is 7.52. The topological polar surface area (TPSA) is 53.1 Å². The van der Waals surface area contributed by atoms with E-state index in [9.17, 15) is 4.39 Å². The molecule has 3 nitrogen and oxygen atoms in total. The molecule has 2 fully saturated rings. The molecule has 1 aliphatic carbocycles. The maximum Gasteiger partial charge on any atom is 0.138 e. The molecule has 1 saturated carbocycles. The summed E-state index contributed by atoms with van der Waals surface area (Å²) in [5, 5.41) is 7.43. The zero-order valence-electron chi connectivity index (χ0n) is 11.7. The number of fused-ring (bicyclic) bond motifs is 1. The van der Waals surface area contributed by atoms with E-state index >= 15 is 0 Å². The molecule has 2 unspecified atom stereocenters. The lowest BCUT2D eigenvalue weighted by Gasteiger charge is -2.31. The molecule has 0 amide bonds. The number of nitrogens with two attached hydrogens (primary N) is 1. The summed E-state index contributed by atoms with van der Waals surface area (Å²) >= 11 is 0. The fourth-order valence-electron chi connectivity index (χ4n) is 3.83. The summed E-state index contributed by atoms with van der Waals surface area (Å²) in [7, 11) is 0. The Bertz CT molecular complexity index is 514. The Balaban J connectivity index is 1.78. The first kappa shape index (κ1) is 13.6. The van der Waals surface area contributed by atoms with Gasteiger partial charge in [0.2, 0.25) is 0 Å². The second-order valence-electron chi connectivity index (χ2n) is 6.06. The van der Waals surface area contributed by atoms with Crippen LogP contribution < -0.4 is 5.73 Å². The van der Waals surface area contributed by atoms with Crippen molar-refractivity contribution in [3.05, 3.63) is 35.1 Å². The SMILES string of the molecule is N=C(N)c1cccc(CN2CCC3CCCCC32)c1F. The lowest BCUT2D eigenvalue weighted by Crippen LogP contribution is -2.34. The van der Waals surface area contributed by atoms with E-state index in [1.165, 1.54) is 32.1 Å². The highest BCUT2D eigenvalue weighted by atomic mass is 19.1. The molecule has 4 heteroatoms. The molecule has 1 aromatic rings. The second kappa shape index (κ2) is 5.52. The van der Waals surface area contributed by atoms with Crippen molar-refractivity contribution in [3.8, 4) is 0 Å². The second-order valence-corrected chi connectivity index (χ2v) is 6.06. The first-order chi connectivity index (χ1) is 9.66. The zero-order valence-corrected chi connectivity index (χ0v) is 11.7. The van der Waals surface area contributed by atoms with Gasteiger partial charge in [0.15, 0.2) is 0 Å². The number of benzene rings is 1. The van der Waals surface area contributed by atoms with Gasteiger partial charge in [0, 0.05) is 18.2 Å². The predicted octanol–water partition coefficient (Wildman–Crippen LogP) is 2.87. The number of halogens is 1. The molecule has 0 spiro atoms. The van der Waals surface area contributed by atoms with Gasteiger partial charge in [-0.25, -0.2) is 4.39 Å².